The Morgan fingerprint density at radius 3 is 2.21 bits per heavy atom. The monoisotopic (exact) mass is 852 g/mol. The summed E-state index contributed by atoms with van der Waals surface area (Å²) in [7, 11) is 2.61. The molecule has 61 heavy (non-hydrogen) atoms. The first-order chi connectivity index (χ1) is 28.9. The van der Waals surface area contributed by atoms with E-state index in [1.54, 1.807) is 0 Å². The van der Waals surface area contributed by atoms with Gasteiger partial charge in [-0.05, 0) is 42.7 Å². The lowest BCUT2D eigenvalue weighted by Gasteiger charge is -2.50. The van der Waals surface area contributed by atoms with E-state index in [9.17, 15) is 64.8 Å². The molecule has 3 aliphatic heterocycles. The Morgan fingerprint density at radius 1 is 0.852 bits per heavy atom. The quantitative estimate of drug-likeness (QED) is 0.111. The number of benzene rings is 3. The molecule has 2 bridgehead atoms. The second kappa shape index (κ2) is 15.2. The number of methoxy groups -OCH3 is 1. The predicted molar refractivity (Wildman–Crippen MR) is 199 cm³/mol. The first-order valence-electron chi connectivity index (χ1n) is 18.9. The van der Waals surface area contributed by atoms with Crippen molar-refractivity contribution in [3.63, 3.8) is 0 Å². The minimum absolute atomic E-state index is 0.0122. The van der Waals surface area contributed by atoms with Crippen LogP contribution in [0.2, 0.25) is 0 Å². The molecule has 9 N–H and O–H groups in total. The Bertz CT molecular complexity index is 2400. The zero-order chi connectivity index (χ0) is 44.1. The Morgan fingerprint density at radius 2 is 1.52 bits per heavy atom. The van der Waals surface area contributed by atoms with E-state index in [0.717, 1.165) is 17.0 Å². The summed E-state index contributed by atoms with van der Waals surface area (Å²) in [4.78, 5) is 67.5. The molecule has 11 atom stereocenters. The number of rotatable bonds is 8. The van der Waals surface area contributed by atoms with Gasteiger partial charge in [-0.15, -0.1) is 0 Å². The Hall–Kier alpha value is -5.91. The summed E-state index contributed by atoms with van der Waals surface area (Å²) in [6.07, 6.45) is -16.0. The second-order valence-electron chi connectivity index (χ2n) is 15.3. The van der Waals surface area contributed by atoms with Crippen LogP contribution in [0, 0.1) is 6.92 Å². The van der Waals surface area contributed by atoms with Gasteiger partial charge in [-0.2, -0.15) is 0 Å². The third-order valence-corrected chi connectivity index (χ3v) is 11.6. The number of aromatic hydroxyl groups is 3. The number of ketones is 2. The smallest absolute Gasteiger partial charge is 0.412 e. The molecule has 0 saturated carbocycles. The van der Waals surface area contributed by atoms with E-state index < -0.39 is 149 Å². The highest BCUT2D eigenvalue weighted by atomic mass is 16.7. The van der Waals surface area contributed by atoms with Crippen molar-refractivity contribution in [2.75, 3.05) is 27.4 Å². The summed E-state index contributed by atoms with van der Waals surface area (Å²) < 4.78 is 34.8. The van der Waals surface area contributed by atoms with Crippen LogP contribution in [0.3, 0.4) is 0 Å². The van der Waals surface area contributed by atoms with Crippen LogP contribution in [0.15, 0.2) is 24.3 Å². The largest absolute Gasteiger partial charge is 0.507 e. The molecule has 1 unspecified atom stereocenters. The zero-order valence-electron chi connectivity index (χ0n) is 32.6. The lowest BCUT2D eigenvalue weighted by molar-refractivity contribution is -0.339. The van der Waals surface area contributed by atoms with Gasteiger partial charge in [0.2, 0.25) is 0 Å². The first-order valence-corrected chi connectivity index (χ1v) is 18.9. The summed E-state index contributed by atoms with van der Waals surface area (Å²) in [5.41, 5.74) is -3.33. The third kappa shape index (κ3) is 6.52. The Labute approximate surface area is 344 Å². The van der Waals surface area contributed by atoms with E-state index in [-0.39, 0.29) is 40.2 Å². The molecule has 3 heterocycles. The van der Waals surface area contributed by atoms with Crippen molar-refractivity contribution >= 4 is 29.5 Å². The maximum Gasteiger partial charge on any atom is 0.412 e. The lowest BCUT2D eigenvalue weighted by atomic mass is 9.74. The van der Waals surface area contributed by atoms with Gasteiger partial charge >= 0.3 is 12.1 Å². The standard InChI is InChI=1S/C40H40N2O19/c1-11-5-17-24(30(49)21(11)36(52)41-12(2)38(53)54)23-15(8-16-25(31(23)50)27(46)14-6-13(56-4)7-18(43)22(14)26(16)45)28(47)33(17)59-20-10-57-37-35(34(20)61-40(55)42(37)3)60-39-32(51)29(48)19(44)9-58-39/h5-8,12,19-20,28-29,32-35,37,39,43-44,47-51H,9-10H2,1-4H3,(H,41,52)(H,53,54)/t12-,19-,20-,28+,29+,32-,33+,34-,35-,37+,39?/m1/s1. The molecule has 324 valence electrons. The van der Waals surface area contributed by atoms with Crippen LogP contribution in [0.1, 0.15) is 78.0 Å². The van der Waals surface area contributed by atoms with Gasteiger partial charge in [0.25, 0.3) is 5.91 Å². The van der Waals surface area contributed by atoms with E-state index >= 15 is 0 Å². The molecule has 2 aliphatic carbocycles. The number of aryl methyl sites for hydroxylation is 1. The number of carbonyl (C=O) groups excluding carboxylic acids is 4. The van der Waals surface area contributed by atoms with Crippen molar-refractivity contribution in [2.24, 2.45) is 0 Å². The Kier molecular flexibility index (Phi) is 10.4. The van der Waals surface area contributed by atoms with Crippen molar-refractivity contribution in [3.05, 3.63) is 68.8 Å². The average Bonchev–Trinajstić information content (AvgIpc) is 3.21. The number of carboxylic acid groups (broad SMARTS) is 1. The van der Waals surface area contributed by atoms with Gasteiger partial charge < -0.3 is 74.6 Å². The van der Waals surface area contributed by atoms with E-state index in [1.807, 2.05) is 0 Å². The highest BCUT2D eigenvalue weighted by Crippen LogP contribution is 2.57. The van der Waals surface area contributed by atoms with E-state index in [1.165, 1.54) is 40.1 Å². The number of fused-ring (bicyclic) bond motifs is 7. The topological polar surface area (TPSA) is 318 Å². The molecule has 3 aromatic rings. The Balaban J connectivity index is 1.26. The van der Waals surface area contributed by atoms with Gasteiger partial charge in [0.05, 0.1) is 37.0 Å². The molecule has 3 fully saturated rings. The normalized spacial score (nSPS) is 29.4. The fourth-order valence-corrected chi connectivity index (χ4v) is 8.45. The minimum atomic E-state index is -1.88. The molecule has 3 aromatic carbocycles. The number of nitrogens with zero attached hydrogens (tertiary/aromatic N) is 1. The summed E-state index contributed by atoms with van der Waals surface area (Å²) >= 11 is 0. The molecule has 0 spiro atoms. The maximum absolute atomic E-state index is 14.1. The molecular formula is C40H40N2O19. The van der Waals surface area contributed by atoms with Crippen LogP contribution >= 0.6 is 0 Å². The van der Waals surface area contributed by atoms with Crippen molar-refractivity contribution in [2.45, 2.75) is 81.2 Å². The van der Waals surface area contributed by atoms with Crippen molar-refractivity contribution in [3.8, 4) is 34.1 Å². The minimum Gasteiger partial charge on any atom is -0.507 e. The number of carbonyl (C=O) groups is 5. The van der Waals surface area contributed by atoms with Crippen LogP contribution in [-0.2, 0) is 28.5 Å². The van der Waals surface area contributed by atoms with Crippen LogP contribution in [0.25, 0.3) is 11.1 Å². The zero-order valence-corrected chi connectivity index (χ0v) is 32.6. The number of nitrogens with one attached hydrogen (secondary N) is 1. The number of carboxylic acids is 1. The van der Waals surface area contributed by atoms with Crippen LogP contribution in [-0.4, -0.2) is 158 Å². The molecule has 8 rings (SSSR count). The molecular weight excluding hydrogens is 812 g/mol. The number of ether oxygens (including phenoxy) is 6. The van der Waals surface area contributed by atoms with Gasteiger partial charge in [-0.3, -0.25) is 24.1 Å². The van der Waals surface area contributed by atoms with Gasteiger partial charge in [0.1, 0.15) is 71.8 Å². The number of amides is 2. The number of hydrogen-bond acceptors (Lipinski definition) is 18. The van der Waals surface area contributed by atoms with E-state index in [4.69, 9.17) is 28.4 Å². The van der Waals surface area contributed by atoms with E-state index in [2.05, 4.69) is 5.32 Å². The van der Waals surface area contributed by atoms with Crippen molar-refractivity contribution < 1.29 is 93.2 Å². The number of aliphatic hydroxyl groups excluding tert-OH is 4. The van der Waals surface area contributed by atoms with E-state index in [0.29, 0.717) is 0 Å². The number of hydrogen-bond donors (Lipinski definition) is 9. The number of likely N-dealkylation sites (N-methyl/N-ethyl adjacent to an activating group) is 1. The molecule has 2 amide bonds. The lowest BCUT2D eigenvalue weighted by Crippen LogP contribution is -2.68. The summed E-state index contributed by atoms with van der Waals surface area (Å²) in [6.45, 7) is 1.81. The van der Waals surface area contributed by atoms with Gasteiger partial charge in [0, 0.05) is 35.4 Å². The summed E-state index contributed by atoms with van der Waals surface area (Å²) in [5, 5.41) is 89.8. The van der Waals surface area contributed by atoms with Gasteiger partial charge in [0.15, 0.2) is 30.2 Å². The first kappa shape index (κ1) is 41.8. The third-order valence-electron chi connectivity index (χ3n) is 11.6. The summed E-state index contributed by atoms with van der Waals surface area (Å²) in [5.74, 6) is -6.65. The van der Waals surface area contributed by atoms with Crippen molar-refractivity contribution in [1.29, 1.82) is 0 Å². The molecule has 21 heteroatoms. The molecule has 0 radical (unpaired) electrons. The fraction of sp³-hybridized carbons (Fsp3) is 0.425. The summed E-state index contributed by atoms with van der Waals surface area (Å²) in [6, 6.07) is 3.25. The molecule has 21 nitrogen and oxygen atoms in total. The second-order valence-corrected chi connectivity index (χ2v) is 15.3. The highest BCUT2D eigenvalue weighted by molar-refractivity contribution is 6.31. The molecule has 5 aliphatic rings. The molecule has 3 saturated heterocycles. The van der Waals surface area contributed by atoms with Gasteiger partial charge in [-0.25, -0.2) is 4.79 Å². The van der Waals surface area contributed by atoms with Crippen molar-refractivity contribution in [1.82, 2.24) is 10.2 Å². The van der Waals surface area contributed by atoms with Crippen LogP contribution in [0.4, 0.5) is 4.79 Å². The number of phenols is 3. The number of aliphatic carboxylic acids is 1. The SMILES string of the molecule is COc1cc(O)c2c(c1)C(=O)c1c(cc3c(c1O)-c1c(cc(C)c(C(=O)N[C@H](C)C(=O)O)c1O)[C@H](O[C@@H]1CO[C@H]4[C@H](OC5OC[C@@H](O)[C@H](O)[C@H]5O)[C@@H]1OC(=O)N4C)[C@H]3O)C2=O. The predicted octanol–water partition coefficient (Wildman–Crippen LogP) is -0.130. The van der Waals surface area contributed by atoms with Crippen LogP contribution < -0.4 is 10.1 Å². The molecule has 0 aromatic heterocycles. The average molecular weight is 853 g/mol. The van der Waals surface area contributed by atoms with Gasteiger partial charge in [-0.1, -0.05) is 6.07 Å². The maximum atomic E-state index is 14.1. The fourth-order valence-electron chi connectivity index (χ4n) is 8.45. The van der Waals surface area contributed by atoms with Crippen LogP contribution in [0.5, 0.6) is 23.0 Å². The highest BCUT2D eigenvalue weighted by Gasteiger charge is 2.55. The number of aliphatic hydroxyl groups is 4. The number of phenolic OH excluding ortho intramolecular Hbond substituents is 3.